The van der Waals surface area contributed by atoms with E-state index in [0.29, 0.717) is 0 Å². The number of aliphatic carboxylic acids is 1. The Kier molecular flexibility index (Phi) is 5.24. The number of benzene rings is 1. The van der Waals surface area contributed by atoms with Crippen molar-refractivity contribution in [2.45, 2.75) is 17.7 Å². The number of hydrogen-bond acceptors (Lipinski definition) is 3. The highest BCUT2D eigenvalue weighted by Gasteiger charge is 2.17. The summed E-state index contributed by atoms with van der Waals surface area (Å²) in [4.78, 5) is 10.0. The second kappa shape index (κ2) is 6.26. The molecule has 1 aromatic carbocycles. The Balaban J connectivity index is 2.74. The van der Waals surface area contributed by atoms with Gasteiger partial charge in [0.25, 0.3) is 0 Å². The lowest BCUT2D eigenvalue weighted by Crippen LogP contribution is -2.25. The van der Waals surface area contributed by atoms with Crippen LogP contribution in [-0.4, -0.2) is 26.0 Å². The van der Waals surface area contributed by atoms with Crippen LogP contribution in [0.4, 0.5) is 4.39 Å². The van der Waals surface area contributed by atoms with E-state index in [-0.39, 0.29) is 28.8 Å². The average molecular weight is 340 g/mol. The van der Waals surface area contributed by atoms with Gasteiger partial charge in [0.1, 0.15) is 5.82 Å². The number of nitrogens with one attached hydrogen (secondary N) is 1. The zero-order valence-corrected chi connectivity index (χ0v) is 11.6. The first-order chi connectivity index (χ1) is 8.33. The summed E-state index contributed by atoms with van der Waals surface area (Å²) in [6.45, 7) is -0.0163. The van der Waals surface area contributed by atoms with Gasteiger partial charge in [0.15, 0.2) is 0 Å². The lowest BCUT2D eigenvalue weighted by Gasteiger charge is -2.08. The fourth-order valence-electron chi connectivity index (χ4n) is 1.21. The van der Waals surface area contributed by atoms with E-state index in [4.69, 9.17) is 5.11 Å². The van der Waals surface area contributed by atoms with Crippen molar-refractivity contribution in [3.8, 4) is 0 Å². The SMILES string of the molecule is O=C(O)CCCNS(=O)(=O)c1cc(F)ccc1Br. The molecule has 0 saturated heterocycles. The summed E-state index contributed by atoms with van der Waals surface area (Å²) >= 11 is 3.02. The normalized spacial score (nSPS) is 11.4. The molecule has 0 unspecified atom stereocenters. The molecule has 0 aliphatic heterocycles. The van der Waals surface area contributed by atoms with Crippen LogP contribution >= 0.6 is 15.9 Å². The van der Waals surface area contributed by atoms with Crippen molar-refractivity contribution in [2.75, 3.05) is 6.54 Å². The summed E-state index contributed by atoms with van der Waals surface area (Å²) in [5.74, 6) is -1.66. The predicted molar refractivity (Wildman–Crippen MR) is 66.2 cm³/mol. The Hall–Kier alpha value is -0.990. The standard InChI is InChI=1S/C10H11BrFNO4S/c11-8-4-3-7(12)6-9(8)18(16,17)13-5-1-2-10(14)15/h3-4,6,13H,1-2,5H2,(H,14,15). The van der Waals surface area contributed by atoms with Gasteiger partial charge in [-0.15, -0.1) is 0 Å². The molecule has 1 aromatic rings. The molecule has 18 heavy (non-hydrogen) atoms. The van der Waals surface area contributed by atoms with Gasteiger partial charge in [0, 0.05) is 17.4 Å². The van der Waals surface area contributed by atoms with Gasteiger partial charge in [0.05, 0.1) is 4.90 Å². The maximum Gasteiger partial charge on any atom is 0.303 e. The number of halogens is 2. The summed E-state index contributed by atoms with van der Waals surface area (Å²) in [6, 6.07) is 3.32. The number of rotatable bonds is 6. The highest BCUT2D eigenvalue weighted by Crippen LogP contribution is 2.22. The van der Waals surface area contributed by atoms with Gasteiger partial charge in [-0.2, -0.15) is 0 Å². The van der Waals surface area contributed by atoms with E-state index in [0.717, 1.165) is 12.1 Å². The van der Waals surface area contributed by atoms with Crippen molar-refractivity contribution in [2.24, 2.45) is 0 Å². The molecule has 0 bridgehead atoms. The summed E-state index contributed by atoms with van der Waals surface area (Å²) in [5, 5.41) is 8.41. The third kappa shape index (κ3) is 4.35. The maximum atomic E-state index is 13.0. The van der Waals surface area contributed by atoms with Crippen LogP contribution in [0.1, 0.15) is 12.8 Å². The van der Waals surface area contributed by atoms with E-state index < -0.39 is 21.8 Å². The minimum Gasteiger partial charge on any atom is -0.481 e. The fraction of sp³-hybridized carbons (Fsp3) is 0.300. The van der Waals surface area contributed by atoms with E-state index in [2.05, 4.69) is 20.7 Å². The van der Waals surface area contributed by atoms with Crippen molar-refractivity contribution >= 4 is 31.9 Å². The summed E-state index contributed by atoms with van der Waals surface area (Å²) in [5.41, 5.74) is 0. The maximum absolute atomic E-state index is 13.0. The summed E-state index contributed by atoms with van der Waals surface area (Å²) in [7, 11) is -3.84. The minimum atomic E-state index is -3.84. The molecule has 0 aromatic heterocycles. The lowest BCUT2D eigenvalue weighted by molar-refractivity contribution is -0.137. The predicted octanol–water partition coefficient (Wildman–Crippen LogP) is 1.73. The van der Waals surface area contributed by atoms with Crippen LogP contribution in [0.2, 0.25) is 0 Å². The molecule has 0 fully saturated rings. The Bertz CT molecular complexity index is 547. The van der Waals surface area contributed by atoms with Gasteiger partial charge in [-0.25, -0.2) is 17.5 Å². The highest BCUT2D eigenvalue weighted by atomic mass is 79.9. The molecule has 0 amide bonds. The van der Waals surface area contributed by atoms with E-state index in [1.807, 2.05) is 0 Å². The van der Waals surface area contributed by atoms with Crippen molar-refractivity contribution in [3.63, 3.8) is 0 Å². The molecule has 100 valence electrons. The fourth-order valence-corrected chi connectivity index (χ4v) is 3.25. The first-order valence-corrected chi connectivity index (χ1v) is 7.27. The topological polar surface area (TPSA) is 83.5 Å². The lowest BCUT2D eigenvalue weighted by atomic mass is 10.3. The Labute approximate surface area is 112 Å². The first-order valence-electron chi connectivity index (χ1n) is 4.99. The highest BCUT2D eigenvalue weighted by molar-refractivity contribution is 9.10. The third-order valence-electron chi connectivity index (χ3n) is 2.04. The van der Waals surface area contributed by atoms with Crippen LogP contribution in [-0.2, 0) is 14.8 Å². The summed E-state index contributed by atoms with van der Waals surface area (Å²) in [6.07, 6.45) is 0.0361. The van der Waals surface area contributed by atoms with Crippen LogP contribution in [0.3, 0.4) is 0 Å². The van der Waals surface area contributed by atoms with Crippen molar-refractivity contribution < 1.29 is 22.7 Å². The Morgan fingerprint density at radius 2 is 2.11 bits per heavy atom. The van der Waals surface area contributed by atoms with E-state index in [9.17, 15) is 17.6 Å². The third-order valence-corrected chi connectivity index (χ3v) is 4.50. The molecule has 0 aliphatic carbocycles. The molecule has 0 aliphatic rings. The molecule has 1 rings (SSSR count). The monoisotopic (exact) mass is 339 g/mol. The molecular formula is C10H11BrFNO4S. The number of sulfonamides is 1. The van der Waals surface area contributed by atoms with Crippen molar-refractivity contribution in [1.29, 1.82) is 0 Å². The van der Waals surface area contributed by atoms with Gasteiger partial charge in [-0.1, -0.05) is 0 Å². The van der Waals surface area contributed by atoms with Gasteiger partial charge >= 0.3 is 5.97 Å². The second-order valence-corrected chi connectivity index (χ2v) is 6.06. The van der Waals surface area contributed by atoms with E-state index in [1.54, 1.807) is 0 Å². The Morgan fingerprint density at radius 3 is 2.72 bits per heavy atom. The Morgan fingerprint density at radius 1 is 1.44 bits per heavy atom. The molecule has 0 spiro atoms. The zero-order chi connectivity index (χ0) is 13.8. The number of hydrogen-bond donors (Lipinski definition) is 2. The average Bonchev–Trinajstić information content (AvgIpc) is 2.27. The van der Waals surface area contributed by atoms with Gasteiger partial charge in [-0.3, -0.25) is 4.79 Å². The second-order valence-electron chi connectivity index (χ2n) is 3.47. The molecule has 8 heteroatoms. The van der Waals surface area contributed by atoms with Crippen molar-refractivity contribution in [1.82, 2.24) is 4.72 Å². The van der Waals surface area contributed by atoms with Crippen molar-refractivity contribution in [3.05, 3.63) is 28.5 Å². The van der Waals surface area contributed by atoms with Crippen LogP contribution in [0.5, 0.6) is 0 Å². The van der Waals surface area contributed by atoms with Crippen LogP contribution < -0.4 is 4.72 Å². The summed E-state index contributed by atoms with van der Waals surface area (Å²) < 4.78 is 39.0. The number of carboxylic acid groups (broad SMARTS) is 1. The number of carboxylic acids is 1. The quantitative estimate of drug-likeness (QED) is 0.773. The molecule has 0 radical (unpaired) electrons. The van der Waals surface area contributed by atoms with Crippen LogP contribution in [0.15, 0.2) is 27.6 Å². The first kappa shape index (κ1) is 15.1. The minimum absolute atomic E-state index is 0.0163. The largest absolute Gasteiger partial charge is 0.481 e. The molecule has 2 N–H and O–H groups in total. The van der Waals surface area contributed by atoms with Gasteiger partial charge < -0.3 is 5.11 Å². The van der Waals surface area contributed by atoms with E-state index >= 15 is 0 Å². The molecule has 0 heterocycles. The zero-order valence-electron chi connectivity index (χ0n) is 9.19. The number of carbonyl (C=O) groups is 1. The van der Waals surface area contributed by atoms with Crippen LogP contribution in [0.25, 0.3) is 0 Å². The van der Waals surface area contributed by atoms with Gasteiger partial charge in [-0.05, 0) is 40.5 Å². The van der Waals surface area contributed by atoms with Gasteiger partial charge in [0.2, 0.25) is 10.0 Å². The molecule has 0 saturated carbocycles. The van der Waals surface area contributed by atoms with E-state index in [1.165, 1.54) is 6.07 Å². The molecule has 5 nitrogen and oxygen atoms in total. The molecule has 0 atom stereocenters. The van der Waals surface area contributed by atoms with Crippen LogP contribution in [0, 0.1) is 5.82 Å². The smallest absolute Gasteiger partial charge is 0.303 e. The molecular weight excluding hydrogens is 329 g/mol.